The topological polar surface area (TPSA) is 546 Å². The Balaban J connectivity index is 0.808. The van der Waals surface area contributed by atoms with Gasteiger partial charge in [-0.25, -0.2) is 0 Å². The van der Waals surface area contributed by atoms with Crippen molar-refractivity contribution in [2.24, 2.45) is 110 Å². The summed E-state index contributed by atoms with van der Waals surface area (Å²) in [5.41, 5.74) is 37.1. The van der Waals surface area contributed by atoms with E-state index in [9.17, 15) is 0 Å². The molecular weight excluding hydrogens is 1720 g/mol. The molecule has 34 heteroatoms. The van der Waals surface area contributed by atoms with E-state index in [2.05, 4.69) is 63.8 Å². The molecule has 34 nitrogen and oxygen atoms in total. The fraction of sp³-hybridized carbons (Fsp3) is 0.743. The van der Waals surface area contributed by atoms with Gasteiger partial charge in [-0.15, -0.1) is 0 Å². The van der Waals surface area contributed by atoms with Crippen molar-refractivity contribution in [3.05, 3.63) is 71.8 Å². The Morgan fingerprint density at radius 2 is 0.548 bits per heavy atom. The zero-order valence-electron chi connectivity index (χ0n) is 79.7. The van der Waals surface area contributed by atoms with E-state index in [-0.39, 0.29) is 197 Å². The third-order valence-electron chi connectivity index (χ3n) is 32.8. The lowest BCUT2D eigenvalue weighted by Gasteiger charge is -2.59. The third-order valence-corrected chi connectivity index (χ3v) is 32.8. The van der Waals surface area contributed by atoms with Crippen molar-refractivity contribution < 1.29 is 67.1 Å². The lowest BCUT2D eigenvalue weighted by Crippen LogP contribution is -2.66. The summed E-state index contributed by atoms with van der Waals surface area (Å²) in [7, 11) is 0. The van der Waals surface area contributed by atoms with Crippen LogP contribution in [0.25, 0.3) is 0 Å². The van der Waals surface area contributed by atoms with E-state index in [1.807, 2.05) is 24.3 Å². The van der Waals surface area contributed by atoms with Crippen LogP contribution in [-0.2, 0) is 80.0 Å². The Labute approximate surface area is 795 Å². The van der Waals surface area contributed by atoms with Crippen molar-refractivity contribution in [1.29, 1.82) is 0 Å². The summed E-state index contributed by atoms with van der Waals surface area (Å²) in [5.74, 6) is -6.75. The molecule has 3 saturated heterocycles. The summed E-state index contributed by atoms with van der Waals surface area (Å²) in [5, 5.41) is 36.4. The molecule has 0 spiro atoms. The quantitative estimate of drug-likeness (QED) is 0.0582. The van der Waals surface area contributed by atoms with Crippen LogP contribution in [0.1, 0.15) is 256 Å². The molecule has 0 aromatic heterocycles. The molecule has 15 aliphatic rings. The lowest BCUT2D eigenvalue weighted by atomic mass is 9.47. The van der Waals surface area contributed by atoms with Gasteiger partial charge in [-0.05, 0) is 352 Å². The Morgan fingerprint density at radius 1 is 0.296 bits per heavy atom. The van der Waals surface area contributed by atoms with Crippen LogP contribution in [0.15, 0.2) is 60.7 Å². The number of hydrogen-bond acceptors (Lipinski definition) is 20. The van der Waals surface area contributed by atoms with Gasteiger partial charge >= 0.3 is 0 Å². The van der Waals surface area contributed by atoms with Gasteiger partial charge < -0.3 is 108 Å². The van der Waals surface area contributed by atoms with E-state index in [0.29, 0.717) is 78.7 Å². The van der Waals surface area contributed by atoms with E-state index in [1.165, 1.54) is 9.80 Å². The average molecular weight is 1870 g/mol. The van der Waals surface area contributed by atoms with Crippen LogP contribution in [0.3, 0.4) is 0 Å². The van der Waals surface area contributed by atoms with Crippen LogP contribution < -0.4 is 98.2 Å². The predicted octanol–water partition coefficient (Wildman–Crippen LogP) is 2.80. The van der Waals surface area contributed by atoms with Crippen LogP contribution in [0, 0.1) is 75.4 Å². The highest BCUT2D eigenvalue weighted by Gasteiger charge is 2.59. The Bertz CT molecular complexity index is 4380. The van der Waals surface area contributed by atoms with E-state index in [4.69, 9.17) is 34.4 Å². The normalized spacial score (nSPS) is 36.0. The highest BCUT2D eigenvalue weighted by molar-refractivity contribution is 6.01. The molecule has 2 aromatic rings. The molecule has 12 bridgehead atoms. The van der Waals surface area contributed by atoms with Gasteiger partial charge in [-0.1, -0.05) is 74.5 Å². The van der Waals surface area contributed by atoms with Gasteiger partial charge in [0.15, 0.2) is 0 Å². The van der Waals surface area contributed by atoms with E-state index in [1.54, 1.807) is 50.2 Å². The van der Waals surface area contributed by atoms with Crippen molar-refractivity contribution in [2.75, 3.05) is 52.4 Å². The number of hydrogen-bond donors (Lipinski definition) is 18. The largest absolute Gasteiger partial charge is 0.343 e. The molecule has 2 aromatic carbocycles. The molecule has 14 atom stereocenters. The van der Waals surface area contributed by atoms with Crippen LogP contribution in [-0.4, -0.2) is 229 Å². The maximum atomic E-state index is 16.1. The highest BCUT2D eigenvalue weighted by Crippen LogP contribution is 2.64. The molecule has 15 fully saturated rings. The van der Waals surface area contributed by atoms with Gasteiger partial charge in [0.25, 0.3) is 0 Å². The second kappa shape index (κ2) is 46.5. The van der Waals surface area contributed by atoms with Crippen LogP contribution in [0.5, 0.6) is 0 Å². The first kappa shape index (κ1) is 102. The molecule has 3 aliphatic heterocycles. The second-order valence-corrected chi connectivity index (χ2v) is 43.7. The zero-order chi connectivity index (χ0) is 95.8. The standard InChI is InChI=1S/C101H156N20O14/c1-59(2)83-95(132)112-73(23-11-31-104)87(124)116-79(57-99-48-62-37-63(49-99)39-64(38-62)50-99)91(128)108-71(21-9-29-102)85(122)115-78(47-61-19-7-4-8-20-61)98(135)121-36-16-28-82(121)94(131)111-76(26-14-34-107)90(127)119-84(101-54-68-43-69(55-101)45-70(44-68)56-101)96(133)113-74(24-12-32-105)88(125)117-80(58-100-51-65-40-66(52-100)42-67(41-65)53-100)92(129)109-72(22-10-30-103)86(123)114-77(46-60-17-5-3-6-18-60)97(134)120-35-15-27-81(120)93(130)110-75(25-13-33-106)89(126)118-83/h3-8,17-20,59,62-84H,9-16,21-58,102-107H2,1-2H3,(H,108,128)(H,109,129)(H,110,130)(H,111,131)(H,112,132)(H,113,133)(H,114,123)(H,115,122)(H,116,124)(H,117,125)(H,118,126)(H,119,127)/t62?,63?,64?,65?,66?,67?,68?,69?,70?,71-,72-,73-,74-,75-,76-,77+,78+,79-,80-,81-,82-,83-,84+,99?,100?,101?/m0/s1. The fourth-order valence-corrected chi connectivity index (χ4v) is 27.8. The highest BCUT2D eigenvalue weighted by atomic mass is 16.2. The number of carbonyl (C=O) groups is 14. The van der Waals surface area contributed by atoms with Gasteiger partial charge in [-0.2, -0.15) is 0 Å². The first-order chi connectivity index (χ1) is 65.0. The number of carbonyl (C=O) groups excluding carboxylic acids is 14. The van der Waals surface area contributed by atoms with Crippen molar-refractivity contribution in [3.8, 4) is 0 Å². The number of nitrogens with one attached hydrogen (secondary N) is 12. The van der Waals surface area contributed by atoms with E-state index in [0.717, 1.165) is 96.3 Å². The zero-order valence-corrected chi connectivity index (χ0v) is 79.7. The van der Waals surface area contributed by atoms with Gasteiger partial charge in [0, 0.05) is 31.3 Å². The molecule has 12 saturated carbocycles. The minimum atomic E-state index is -1.33. The summed E-state index contributed by atoms with van der Waals surface area (Å²) in [4.78, 5) is 221. The predicted molar refractivity (Wildman–Crippen MR) is 509 cm³/mol. The smallest absolute Gasteiger partial charge is 0.246 e. The number of nitrogens with zero attached hydrogens (tertiary/aromatic N) is 2. The van der Waals surface area contributed by atoms with Gasteiger partial charge in [-0.3, -0.25) is 67.1 Å². The Hall–Kier alpha value is -9.22. The average Bonchev–Trinajstić information content (AvgIpc) is 1.44. The molecule has 135 heavy (non-hydrogen) atoms. The second-order valence-electron chi connectivity index (χ2n) is 43.7. The van der Waals surface area contributed by atoms with Crippen LogP contribution in [0.2, 0.25) is 0 Å². The summed E-state index contributed by atoms with van der Waals surface area (Å²) in [6.07, 6.45) is 19.3. The molecule has 744 valence electrons. The van der Waals surface area contributed by atoms with Crippen molar-refractivity contribution in [1.82, 2.24) is 73.6 Å². The lowest BCUT2D eigenvalue weighted by molar-refractivity contribution is -0.145. The summed E-state index contributed by atoms with van der Waals surface area (Å²) in [6, 6.07) is 0.180. The molecule has 17 rings (SSSR count). The minimum absolute atomic E-state index is 0.00926. The molecule has 0 unspecified atom stereocenters. The number of benzene rings is 2. The first-order valence-electron chi connectivity index (χ1n) is 51.5. The molecule has 12 aliphatic carbocycles. The SMILES string of the molecule is CC(C)[C@@H]1NC(=O)[C@H](CCCN)NC(=O)[C@@H]2CCCN2C(=O)[C@@H](Cc2ccccc2)NC(=O)[C@H](CCCN)NC(=O)[C@H](CC23CC4CC(CC(C4)C2)C3)NC(=O)[C@H](CCCN)NC(=O)[C@H](C23CC4CC(CC(C4)C2)C3)NC(=O)[C@H](CCCN)NC(=O)[C@@H]2CCCN2C(=O)[C@@H](Cc2ccccc2)NC(=O)[C@H](CCCN)NC(=O)[C@H](CC23CC4CC(CC(C4)C2)C3)NC(=O)[C@H](CCCN)NC1=O. The monoisotopic (exact) mass is 1870 g/mol. The number of fused-ring (bicyclic) bond motifs is 2. The van der Waals surface area contributed by atoms with E-state index >= 15 is 67.1 Å². The number of nitrogens with two attached hydrogens (primary N) is 6. The minimum Gasteiger partial charge on any atom is -0.343 e. The summed E-state index contributed by atoms with van der Waals surface area (Å²) < 4.78 is 0. The Morgan fingerprint density at radius 3 is 0.852 bits per heavy atom. The summed E-state index contributed by atoms with van der Waals surface area (Å²) in [6.45, 7) is 4.33. The summed E-state index contributed by atoms with van der Waals surface area (Å²) >= 11 is 0. The Kier molecular flexibility index (Phi) is 35.0. The number of amides is 14. The van der Waals surface area contributed by atoms with Gasteiger partial charge in [0.1, 0.15) is 84.6 Å². The molecule has 24 N–H and O–H groups in total. The fourth-order valence-electron chi connectivity index (χ4n) is 27.8. The molecule has 14 amide bonds. The maximum Gasteiger partial charge on any atom is 0.246 e. The van der Waals surface area contributed by atoms with Crippen LogP contribution in [0.4, 0.5) is 0 Å². The maximum absolute atomic E-state index is 16.1. The first-order valence-corrected chi connectivity index (χ1v) is 51.5. The van der Waals surface area contributed by atoms with E-state index < -0.39 is 179 Å². The van der Waals surface area contributed by atoms with Gasteiger partial charge in [0.05, 0.1) is 0 Å². The van der Waals surface area contributed by atoms with Crippen molar-refractivity contribution in [3.63, 3.8) is 0 Å². The van der Waals surface area contributed by atoms with Crippen LogP contribution >= 0.6 is 0 Å². The van der Waals surface area contributed by atoms with Crippen molar-refractivity contribution in [2.45, 2.75) is 342 Å². The van der Waals surface area contributed by atoms with Gasteiger partial charge in [0.2, 0.25) is 82.7 Å². The molecule has 3 heterocycles. The van der Waals surface area contributed by atoms with Crippen molar-refractivity contribution >= 4 is 82.7 Å². The molecule has 0 radical (unpaired) electrons. The third kappa shape index (κ3) is 25.5. The number of rotatable bonds is 28. The molecular formula is C101H156N20O14.